The van der Waals surface area contributed by atoms with Gasteiger partial charge in [0.2, 0.25) is 5.91 Å². The van der Waals surface area contributed by atoms with Crippen LogP contribution >= 0.6 is 0 Å². The molecule has 1 unspecified atom stereocenters. The van der Waals surface area contributed by atoms with Crippen molar-refractivity contribution in [1.29, 1.82) is 0 Å². The molecule has 0 aromatic carbocycles. The van der Waals surface area contributed by atoms with Gasteiger partial charge in [0.1, 0.15) is 0 Å². The van der Waals surface area contributed by atoms with Crippen molar-refractivity contribution >= 4 is 5.91 Å². The molecule has 1 fully saturated rings. The van der Waals surface area contributed by atoms with Crippen LogP contribution in [0.15, 0.2) is 0 Å². The summed E-state index contributed by atoms with van der Waals surface area (Å²) in [6.07, 6.45) is 5.41. The molecule has 1 saturated heterocycles. The van der Waals surface area contributed by atoms with Crippen molar-refractivity contribution in [3.8, 4) is 0 Å². The van der Waals surface area contributed by atoms with Crippen LogP contribution in [0.1, 0.15) is 87.5 Å². The molecule has 1 rings (SSSR count). The Morgan fingerprint density at radius 2 is 1.42 bits per heavy atom. The lowest BCUT2D eigenvalue weighted by molar-refractivity contribution is -0.146. The Bertz CT molecular complexity index is 340. The van der Waals surface area contributed by atoms with Crippen LogP contribution in [0.5, 0.6) is 0 Å². The first-order valence-corrected chi connectivity index (χ1v) is 10.2. The van der Waals surface area contributed by atoms with Gasteiger partial charge in [0.05, 0.1) is 13.2 Å². The Kier molecular flexibility index (Phi) is 10.9. The number of ether oxygens (including phenoxy) is 1. The van der Waals surface area contributed by atoms with Gasteiger partial charge in [-0.2, -0.15) is 0 Å². The molecular formula is C21H43NO2. The summed E-state index contributed by atoms with van der Waals surface area (Å²) >= 11 is 0. The largest absolute Gasteiger partial charge is 0.378 e. The highest BCUT2D eigenvalue weighted by atomic mass is 16.5. The standard InChI is InChI=1S/C19H37NO2.C2H6/c1-7-18(5,8-2)15-16(19(6,9-3)10-4)17(21)20-11-13-22-14-12-20;1-2/h16H,7-15H2,1-6H3;1-2H3. The van der Waals surface area contributed by atoms with Crippen LogP contribution in [0.2, 0.25) is 0 Å². The predicted octanol–water partition coefficient (Wildman–Crippen LogP) is 5.53. The van der Waals surface area contributed by atoms with E-state index in [0.29, 0.717) is 19.1 Å². The van der Waals surface area contributed by atoms with E-state index < -0.39 is 0 Å². The van der Waals surface area contributed by atoms with Crippen molar-refractivity contribution in [2.75, 3.05) is 26.3 Å². The molecule has 1 atom stereocenters. The second-order valence-electron chi connectivity index (χ2n) is 7.57. The van der Waals surface area contributed by atoms with E-state index in [4.69, 9.17) is 4.74 Å². The zero-order valence-electron chi connectivity index (χ0n) is 17.7. The van der Waals surface area contributed by atoms with Crippen molar-refractivity contribution < 1.29 is 9.53 Å². The number of hydrogen-bond donors (Lipinski definition) is 0. The molecule has 0 aromatic rings. The molecule has 1 amide bonds. The zero-order chi connectivity index (χ0) is 18.8. The van der Waals surface area contributed by atoms with Crippen molar-refractivity contribution in [3.63, 3.8) is 0 Å². The molecule has 0 N–H and O–H groups in total. The molecule has 1 aliphatic heterocycles. The molecule has 0 saturated carbocycles. The fraction of sp³-hybridized carbons (Fsp3) is 0.952. The first-order valence-electron chi connectivity index (χ1n) is 10.2. The number of nitrogens with zero attached hydrogens (tertiary/aromatic N) is 1. The highest BCUT2D eigenvalue weighted by Crippen LogP contribution is 2.44. The fourth-order valence-corrected chi connectivity index (χ4v) is 3.41. The third-order valence-corrected chi connectivity index (χ3v) is 6.48. The molecule has 0 aromatic heterocycles. The van der Waals surface area contributed by atoms with Crippen LogP contribution in [0.25, 0.3) is 0 Å². The average molecular weight is 342 g/mol. The second-order valence-corrected chi connectivity index (χ2v) is 7.57. The summed E-state index contributed by atoms with van der Waals surface area (Å²) in [6.45, 7) is 20.5. The van der Waals surface area contributed by atoms with Crippen LogP contribution in [-0.4, -0.2) is 37.1 Å². The van der Waals surface area contributed by atoms with Gasteiger partial charge in [-0.05, 0) is 30.1 Å². The molecule has 0 bridgehead atoms. The Hall–Kier alpha value is -0.570. The molecule has 0 aliphatic carbocycles. The molecule has 0 radical (unpaired) electrons. The lowest BCUT2D eigenvalue weighted by Gasteiger charge is -2.43. The highest BCUT2D eigenvalue weighted by Gasteiger charge is 2.42. The summed E-state index contributed by atoms with van der Waals surface area (Å²) in [5.74, 6) is 0.494. The summed E-state index contributed by atoms with van der Waals surface area (Å²) < 4.78 is 5.42. The summed E-state index contributed by atoms with van der Waals surface area (Å²) in [6, 6.07) is 0. The van der Waals surface area contributed by atoms with E-state index in [9.17, 15) is 4.79 Å². The monoisotopic (exact) mass is 341 g/mol. The first kappa shape index (κ1) is 23.4. The molecule has 1 heterocycles. The van der Waals surface area contributed by atoms with Gasteiger partial charge in [0.25, 0.3) is 0 Å². The molecular weight excluding hydrogens is 298 g/mol. The number of carbonyl (C=O) groups excluding carboxylic acids is 1. The highest BCUT2D eigenvalue weighted by molar-refractivity contribution is 5.79. The normalized spacial score (nSPS) is 17.1. The quantitative estimate of drug-likeness (QED) is 0.581. The van der Waals surface area contributed by atoms with Crippen LogP contribution in [-0.2, 0) is 9.53 Å². The maximum atomic E-state index is 13.2. The number of hydrogen-bond acceptors (Lipinski definition) is 2. The lowest BCUT2D eigenvalue weighted by Crippen LogP contribution is -2.48. The zero-order valence-corrected chi connectivity index (χ0v) is 17.7. The van der Waals surface area contributed by atoms with Gasteiger partial charge in [-0.15, -0.1) is 0 Å². The number of morpholine rings is 1. The minimum Gasteiger partial charge on any atom is -0.378 e. The minimum atomic E-state index is 0.0982. The van der Waals surface area contributed by atoms with Crippen molar-refractivity contribution in [2.45, 2.75) is 87.5 Å². The summed E-state index contributed by atoms with van der Waals surface area (Å²) in [7, 11) is 0. The second kappa shape index (κ2) is 11.1. The summed E-state index contributed by atoms with van der Waals surface area (Å²) in [5.41, 5.74) is 0.360. The number of rotatable bonds is 8. The Labute approximate surface area is 151 Å². The maximum Gasteiger partial charge on any atom is 0.226 e. The molecule has 3 nitrogen and oxygen atoms in total. The Morgan fingerprint density at radius 3 is 1.79 bits per heavy atom. The molecule has 1 aliphatic rings. The Balaban J connectivity index is 0.00000254. The van der Waals surface area contributed by atoms with Gasteiger partial charge in [0, 0.05) is 19.0 Å². The van der Waals surface area contributed by atoms with Crippen molar-refractivity contribution in [3.05, 3.63) is 0 Å². The van der Waals surface area contributed by atoms with E-state index >= 15 is 0 Å². The molecule has 24 heavy (non-hydrogen) atoms. The van der Waals surface area contributed by atoms with Gasteiger partial charge < -0.3 is 9.64 Å². The van der Waals surface area contributed by atoms with E-state index in [1.165, 1.54) is 0 Å². The van der Waals surface area contributed by atoms with Gasteiger partial charge >= 0.3 is 0 Å². The number of carbonyl (C=O) groups is 1. The smallest absolute Gasteiger partial charge is 0.226 e. The third-order valence-electron chi connectivity index (χ3n) is 6.48. The van der Waals surface area contributed by atoms with Gasteiger partial charge in [-0.1, -0.05) is 68.2 Å². The molecule has 0 spiro atoms. The van der Waals surface area contributed by atoms with Gasteiger partial charge in [-0.25, -0.2) is 0 Å². The Morgan fingerprint density at radius 1 is 0.958 bits per heavy atom. The van der Waals surface area contributed by atoms with E-state index in [2.05, 4.69) is 41.5 Å². The SMILES string of the molecule is CC.CCC(C)(CC)CC(C(=O)N1CCOCC1)C(C)(CC)CC. The maximum absolute atomic E-state index is 13.2. The van der Waals surface area contributed by atoms with Crippen LogP contribution in [0.3, 0.4) is 0 Å². The lowest BCUT2D eigenvalue weighted by atomic mass is 9.64. The van der Waals surface area contributed by atoms with E-state index in [-0.39, 0.29) is 16.7 Å². The predicted molar refractivity (Wildman–Crippen MR) is 104 cm³/mol. The fourth-order valence-electron chi connectivity index (χ4n) is 3.41. The minimum absolute atomic E-state index is 0.0982. The summed E-state index contributed by atoms with van der Waals surface area (Å²) in [5, 5.41) is 0. The van der Waals surface area contributed by atoms with Gasteiger partial charge in [0.15, 0.2) is 0 Å². The van der Waals surface area contributed by atoms with Crippen molar-refractivity contribution in [1.82, 2.24) is 4.90 Å². The topological polar surface area (TPSA) is 29.5 Å². The average Bonchev–Trinajstić information content (AvgIpc) is 2.67. The van der Waals surface area contributed by atoms with Crippen LogP contribution in [0, 0.1) is 16.7 Å². The van der Waals surface area contributed by atoms with Gasteiger partial charge in [-0.3, -0.25) is 4.79 Å². The summed E-state index contributed by atoms with van der Waals surface area (Å²) in [4.78, 5) is 15.3. The molecule has 3 heteroatoms. The van der Waals surface area contributed by atoms with E-state index in [1.807, 2.05) is 18.7 Å². The van der Waals surface area contributed by atoms with E-state index in [1.54, 1.807) is 0 Å². The molecule has 144 valence electrons. The van der Waals surface area contributed by atoms with Crippen molar-refractivity contribution in [2.24, 2.45) is 16.7 Å². The first-order chi connectivity index (χ1) is 11.4. The van der Waals surface area contributed by atoms with Crippen LogP contribution < -0.4 is 0 Å². The van der Waals surface area contributed by atoms with E-state index in [0.717, 1.165) is 45.2 Å². The number of amides is 1. The third kappa shape index (κ3) is 6.06. The van der Waals surface area contributed by atoms with Crippen LogP contribution in [0.4, 0.5) is 0 Å².